The molecule has 0 saturated carbocycles. The van der Waals surface area contributed by atoms with Crippen LogP contribution in [0.3, 0.4) is 0 Å². The van der Waals surface area contributed by atoms with Gasteiger partial charge in [-0.3, -0.25) is 4.79 Å². The summed E-state index contributed by atoms with van der Waals surface area (Å²) in [5.74, 6) is -0.109. The summed E-state index contributed by atoms with van der Waals surface area (Å²) in [6.45, 7) is 2.35. The molecule has 1 aliphatic heterocycles. The molecular weight excluding hydrogens is 370 g/mol. The molecule has 1 aliphatic rings. The number of hydrogen-bond donors (Lipinski definition) is 2. The molecule has 0 spiro atoms. The number of fused-ring (bicyclic) bond motifs is 1. The van der Waals surface area contributed by atoms with Crippen molar-refractivity contribution in [1.82, 2.24) is 5.32 Å². The van der Waals surface area contributed by atoms with E-state index in [1.54, 1.807) is 17.9 Å². The molecule has 0 fully saturated rings. The van der Waals surface area contributed by atoms with Gasteiger partial charge in [-0.2, -0.15) is 0 Å². The zero-order chi connectivity index (χ0) is 17.1. The van der Waals surface area contributed by atoms with Crippen LogP contribution >= 0.6 is 15.9 Å². The van der Waals surface area contributed by atoms with E-state index in [-0.39, 0.29) is 5.91 Å². The van der Waals surface area contributed by atoms with Gasteiger partial charge in [-0.15, -0.1) is 0 Å². The van der Waals surface area contributed by atoms with E-state index in [0.717, 1.165) is 22.1 Å². The van der Waals surface area contributed by atoms with Crippen LogP contribution in [0.4, 0.5) is 16.2 Å². The highest BCUT2D eigenvalue weighted by atomic mass is 79.9. The van der Waals surface area contributed by atoms with Crippen LogP contribution in [-0.4, -0.2) is 24.5 Å². The number of para-hydroxylation sites is 2. The van der Waals surface area contributed by atoms with Crippen LogP contribution in [0, 0.1) is 0 Å². The SMILES string of the molecule is C[C@@H](NC(=O)Nc1ccccc1Br)C(=O)N1CCc2ccccc21. The third-order valence-electron chi connectivity index (χ3n) is 3.99. The summed E-state index contributed by atoms with van der Waals surface area (Å²) < 4.78 is 0.785. The Bertz CT molecular complexity index is 778. The summed E-state index contributed by atoms with van der Waals surface area (Å²) in [6.07, 6.45) is 0.845. The van der Waals surface area contributed by atoms with E-state index in [9.17, 15) is 9.59 Å². The first-order chi connectivity index (χ1) is 11.6. The fourth-order valence-electron chi connectivity index (χ4n) is 2.78. The van der Waals surface area contributed by atoms with Gasteiger partial charge in [0.1, 0.15) is 6.04 Å². The van der Waals surface area contributed by atoms with Crippen LogP contribution in [0.25, 0.3) is 0 Å². The summed E-state index contributed by atoms with van der Waals surface area (Å²) in [5.41, 5.74) is 2.75. The molecule has 0 aromatic heterocycles. The molecule has 6 heteroatoms. The minimum Gasteiger partial charge on any atom is -0.326 e. The van der Waals surface area contributed by atoms with Crippen LogP contribution in [0.15, 0.2) is 53.0 Å². The lowest BCUT2D eigenvalue weighted by molar-refractivity contribution is -0.119. The Balaban J connectivity index is 1.63. The number of anilines is 2. The fourth-order valence-corrected chi connectivity index (χ4v) is 3.16. The Morgan fingerprint density at radius 3 is 2.62 bits per heavy atom. The molecule has 24 heavy (non-hydrogen) atoms. The van der Waals surface area contributed by atoms with E-state index in [2.05, 4.69) is 26.6 Å². The first kappa shape index (κ1) is 16.5. The molecule has 1 heterocycles. The number of hydrogen-bond acceptors (Lipinski definition) is 2. The third-order valence-corrected chi connectivity index (χ3v) is 4.68. The fraction of sp³-hybridized carbons (Fsp3) is 0.222. The first-order valence-corrected chi connectivity index (χ1v) is 8.57. The van der Waals surface area contributed by atoms with Gasteiger partial charge in [-0.25, -0.2) is 4.79 Å². The number of halogens is 1. The highest BCUT2D eigenvalue weighted by molar-refractivity contribution is 9.10. The van der Waals surface area contributed by atoms with Gasteiger partial charge in [0.15, 0.2) is 0 Å². The van der Waals surface area contributed by atoms with Gasteiger partial charge in [0.25, 0.3) is 0 Å². The molecular formula is C18H18BrN3O2. The van der Waals surface area contributed by atoms with Gasteiger partial charge < -0.3 is 15.5 Å². The number of urea groups is 1. The molecule has 124 valence electrons. The van der Waals surface area contributed by atoms with E-state index >= 15 is 0 Å². The second-order valence-corrected chi connectivity index (χ2v) is 6.52. The Morgan fingerprint density at radius 1 is 1.12 bits per heavy atom. The number of carbonyl (C=O) groups excluding carboxylic acids is 2. The maximum absolute atomic E-state index is 12.6. The second kappa shape index (κ2) is 7.05. The molecule has 5 nitrogen and oxygen atoms in total. The van der Waals surface area contributed by atoms with Crippen LogP contribution < -0.4 is 15.5 Å². The van der Waals surface area contributed by atoms with Gasteiger partial charge in [0, 0.05) is 16.7 Å². The maximum atomic E-state index is 12.6. The molecule has 0 saturated heterocycles. The lowest BCUT2D eigenvalue weighted by atomic mass is 10.2. The second-order valence-electron chi connectivity index (χ2n) is 5.67. The molecule has 0 aliphatic carbocycles. The predicted molar refractivity (Wildman–Crippen MR) is 98.3 cm³/mol. The van der Waals surface area contributed by atoms with Crippen molar-refractivity contribution in [3.05, 3.63) is 58.6 Å². The lowest BCUT2D eigenvalue weighted by Crippen LogP contribution is -2.47. The monoisotopic (exact) mass is 387 g/mol. The maximum Gasteiger partial charge on any atom is 0.319 e. The van der Waals surface area contributed by atoms with Crippen LogP contribution in [0.1, 0.15) is 12.5 Å². The predicted octanol–water partition coefficient (Wildman–Crippen LogP) is 3.55. The largest absolute Gasteiger partial charge is 0.326 e. The molecule has 2 N–H and O–H groups in total. The van der Waals surface area contributed by atoms with Gasteiger partial charge in [0.05, 0.1) is 5.69 Å². The van der Waals surface area contributed by atoms with Crippen LogP contribution in [0.5, 0.6) is 0 Å². The van der Waals surface area contributed by atoms with Crippen molar-refractivity contribution in [3.8, 4) is 0 Å². The van der Waals surface area contributed by atoms with Crippen molar-refractivity contribution in [1.29, 1.82) is 0 Å². The normalized spacial score (nSPS) is 14.0. The number of benzene rings is 2. The Hall–Kier alpha value is -2.34. The Kier molecular flexibility index (Phi) is 4.85. The Labute approximate surface area is 149 Å². The average molecular weight is 388 g/mol. The van der Waals surface area contributed by atoms with Crippen LogP contribution in [-0.2, 0) is 11.2 Å². The average Bonchev–Trinajstić information content (AvgIpc) is 3.00. The highest BCUT2D eigenvalue weighted by Gasteiger charge is 2.28. The quantitative estimate of drug-likeness (QED) is 0.845. The zero-order valence-corrected chi connectivity index (χ0v) is 14.8. The molecule has 2 aromatic carbocycles. The standard InChI is InChI=1S/C18H18BrN3O2/c1-12(20-18(24)21-15-8-4-3-7-14(15)19)17(23)22-11-10-13-6-2-5-9-16(13)22/h2-9,12H,10-11H2,1H3,(H2,20,21,24)/t12-/m1/s1. The molecule has 0 bridgehead atoms. The first-order valence-electron chi connectivity index (χ1n) is 7.77. The summed E-state index contributed by atoms with van der Waals surface area (Å²) in [7, 11) is 0. The Morgan fingerprint density at radius 2 is 1.83 bits per heavy atom. The van der Waals surface area contributed by atoms with E-state index < -0.39 is 12.1 Å². The van der Waals surface area contributed by atoms with Gasteiger partial charge in [-0.1, -0.05) is 30.3 Å². The lowest BCUT2D eigenvalue weighted by Gasteiger charge is -2.22. The number of amides is 3. The van der Waals surface area contributed by atoms with Crippen LogP contribution in [0.2, 0.25) is 0 Å². The van der Waals surface area contributed by atoms with E-state index in [1.807, 2.05) is 42.5 Å². The summed E-state index contributed by atoms with van der Waals surface area (Å²) >= 11 is 3.37. The van der Waals surface area contributed by atoms with Crippen molar-refractivity contribution in [3.63, 3.8) is 0 Å². The third kappa shape index (κ3) is 3.43. The molecule has 3 rings (SSSR count). The minimum absolute atomic E-state index is 0.109. The molecule has 3 amide bonds. The smallest absolute Gasteiger partial charge is 0.319 e. The van der Waals surface area contributed by atoms with Crippen molar-refractivity contribution in [2.24, 2.45) is 0 Å². The molecule has 0 radical (unpaired) electrons. The van der Waals surface area contributed by atoms with E-state index in [1.165, 1.54) is 0 Å². The van der Waals surface area contributed by atoms with Crippen molar-refractivity contribution < 1.29 is 9.59 Å². The van der Waals surface area contributed by atoms with Crippen molar-refractivity contribution in [2.45, 2.75) is 19.4 Å². The molecule has 1 atom stereocenters. The minimum atomic E-state index is -0.612. The number of nitrogens with zero attached hydrogens (tertiary/aromatic N) is 1. The van der Waals surface area contributed by atoms with E-state index in [0.29, 0.717) is 12.2 Å². The van der Waals surface area contributed by atoms with Gasteiger partial charge in [0.2, 0.25) is 5.91 Å². The van der Waals surface area contributed by atoms with Crippen molar-refractivity contribution in [2.75, 3.05) is 16.8 Å². The summed E-state index contributed by atoms with van der Waals surface area (Å²) in [4.78, 5) is 26.5. The van der Waals surface area contributed by atoms with Gasteiger partial charge in [-0.05, 0) is 53.0 Å². The molecule has 0 unspecified atom stereocenters. The number of carbonyl (C=O) groups is 2. The molecule has 2 aromatic rings. The van der Waals surface area contributed by atoms with Gasteiger partial charge >= 0.3 is 6.03 Å². The summed E-state index contributed by atoms with van der Waals surface area (Å²) in [5, 5.41) is 5.44. The van der Waals surface area contributed by atoms with E-state index in [4.69, 9.17) is 0 Å². The zero-order valence-electron chi connectivity index (χ0n) is 13.3. The highest BCUT2D eigenvalue weighted by Crippen LogP contribution is 2.28. The van der Waals surface area contributed by atoms with Crippen molar-refractivity contribution >= 4 is 39.2 Å². The topological polar surface area (TPSA) is 61.4 Å². The number of nitrogens with one attached hydrogen (secondary N) is 2. The number of rotatable bonds is 3. The summed E-state index contributed by atoms with van der Waals surface area (Å²) in [6, 6.07) is 14.2.